The fraction of sp³-hybridized carbons (Fsp3) is 0.922. The maximum absolute atomic E-state index is 11.2. The van der Waals surface area contributed by atoms with Crippen LogP contribution in [0.3, 0.4) is 0 Å². The number of nitrogens with two attached hydrogens (primary N) is 2. The Labute approximate surface area is 365 Å². The number of unbranched alkanes of at least 4 members (excludes halogenated alkanes) is 2. The predicted octanol–water partition coefficient (Wildman–Crippen LogP) is 15.7. The maximum Gasteiger partial charge on any atom is 0.135 e. The van der Waals surface area contributed by atoms with Gasteiger partial charge in [0.15, 0.2) is 0 Å². The molecule has 1 heterocycles. The van der Waals surface area contributed by atoms with E-state index in [1.54, 1.807) is 12.5 Å². The lowest BCUT2D eigenvalue weighted by molar-refractivity contribution is -0.124. The van der Waals surface area contributed by atoms with E-state index in [-0.39, 0.29) is 0 Å². The number of ether oxygens (including phenoxy) is 1. The fourth-order valence-electron chi connectivity index (χ4n) is 8.39. The summed E-state index contributed by atoms with van der Waals surface area (Å²) < 4.78 is 5.71. The molecule has 0 amide bonds. The molecule has 4 aliphatic carbocycles. The van der Waals surface area contributed by atoms with Crippen LogP contribution in [0.25, 0.3) is 0 Å². The molecule has 0 spiro atoms. The Morgan fingerprint density at radius 3 is 1.88 bits per heavy atom. The number of rotatable bonds is 15. The van der Waals surface area contributed by atoms with Crippen LogP contribution in [0.4, 0.5) is 0 Å². The Hall–Kier alpha value is -0.560. The predicted molar refractivity (Wildman–Crippen MR) is 257 cm³/mol. The SMILES string of the molecule is CCCBr.CCCC12CCCCC1O2.CCCC1=CCCCC1.CCCC1CCCCC1=O.CCCC1CCCCC1N.CCCCC(C)=O.CCCCC(C)N. The van der Waals surface area contributed by atoms with Crippen molar-refractivity contribution in [1.29, 1.82) is 0 Å². The Morgan fingerprint density at radius 1 is 0.789 bits per heavy atom. The van der Waals surface area contributed by atoms with Gasteiger partial charge in [0, 0.05) is 36.2 Å². The minimum atomic E-state index is 0.307. The summed E-state index contributed by atoms with van der Waals surface area (Å²) in [5.74, 6) is 2.10. The lowest BCUT2D eigenvalue weighted by Gasteiger charge is -2.27. The normalized spacial score (nSPS) is 25.0. The van der Waals surface area contributed by atoms with Gasteiger partial charge in [-0.05, 0) is 129 Å². The lowest BCUT2D eigenvalue weighted by Crippen LogP contribution is -2.32. The minimum Gasteiger partial charge on any atom is -0.366 e. The summed E-state index contributed by atoms with van der Waals surface area (Å²) in [6.07, 6.45) is 42.1. The van der Waals surface area contributed by atoms with E-state index >= 15 is 0 Å². The van der Waals surface area contributed by atoms with Crippen LogP contribution in [0.5, 0.6) is 0 Å². The Bertz CT molecular complexity index is 927. The summed E-state index contributed by atoms with van der Waals surface area (Å²) in [4.78, 5) is 21.4. The number of hydrogen-bond donors (Lipinski definition) is 2. The first-order chi connectivity index (χ1) is 27.4. The quantitative estimate of drug-likeness (QED) is 0.0970. The van der Waals surface area contributed by atoms with Gasteiger partial charge in [0.1, 0.15) is 11.6 Å². The number of epoxide rings is 1. The number of carbonyl (C=O) groups excluding carboxylic acids is 2. The van der Waals surface area contributed by atoms with Crippen molar-refractivity contribution in [2.24, 2.45) is 23.3 Å². The molecule has 0 aromatic heterocycles. The molecule has 3 saturated carbocycles. The molecule has 5 aliphatic rings. The molecule has 5 rings (SSSR count). The Kier molecular flexibility index (Phi) is 41.9. The molecule has 0 aromatic rings. The molecule has 4 N–H and O–H groups in total. The smallest absolute Gasteiger partial charge is 0.135 e. The first kappa shape index (κ1) is 58.5. The molecule has 0 aromatic carbocycles. The molecule has 1 saturated heterocycles. The van der Waals surface area contributed by atoms with Gasteiger partial charge in [-0.2, -0.15) is 0 Å². The standard InChI is InChI=1S/C9H19N.2C9H16O.C9H16.C6H15N.C6H12O.C3H7Br/c1-2-5-8-6-3-4-7-9(8)10;1-2-6-9-7-4-3-5-8(9)10-9;1-2-5-8-6-3-4-7-9(8)10;1-2-6-9-7-4-3-5-8-9;2*1-3-4-5-6(2)7;1-2-3-4/h8-9H,2-7,10H2,1H3;2*8H,2-7H2,1H3;7H,2-6,8H2,1H3;6H,3-5,7H2,1-2H3;3-5H2,1-2H3;2-3H2,1H3. The van der Waals surface area contributed by atoms with Crippen molar-refractivity contribution in [2.75, 3.05) is 5.33 Å². The van der Waals surface area contributed by atoms with E-state index in [9.17, 15) is 9.59 Å². The van der Waals surface area contributed by atoms with Crippen LogP contribution in [0, 0.1) is 11.8 Å². The highest BCUT2D eigenvalue weighted by molar-refractivity contribution is 9.09. The van der Waals surface area contributed by atoms with Crippen LogP contribution in [-0.4, -0.2) is 40.7 Å². The summed E-state index contributed by atoms with van der Waals surface area (Å²) in [7, 11) is 0. The van der Waals surface area contributed by atoms with Gasteiger partial charge in [-0.25, -0.2) is 0 Å². The molecule has 4 fully saturated rings. The summed E-state index contributed by atoms with van der Waals surface area (Å²) in [6, 6.07) is 0.925. The zero-order valence-electron chi connectivity index (χ0n) is 39.8. The van der Waals surface area contributed by atoms with Crippen molar-refractivity contribution >= 4 is 27.5 Å². The first-order valence-corrected chi connectivity index (χ1v) is 26.0. The van der Waals surface area contributed by atoms with E-state index in [1.165, 1.54) is 148 Å². The minimum absolute atomic E-state index is 0.307. The van der Waals surface area contributed by atoms with Crippen molar-refractivity contribution in [1.82, 2.24) is 0 Å². The molecular weight excluding hydrogens is 768 g/mol. The largest absolute Gasteiger partial charge is 0.366 e. The molecule has 1 aliphatic heterocycles. The van der Waals surface area contributed by atoms with E-state index in [0.717, 1.165) is 62.6 Å². The van der Waals surface area contributed by atoms with Crippen molar-refractivity contribution in [3.8, 4) is 0 Å². The number of hydrogen-bond acceptors (Lipinski definition) is 5. The molecule has 0 radical (unpaired) electrons. The van der Waals surface area contributed by atoms with Crippen molar-refractivity contribution in [3.05, 3.63) is 11.6 Å². The van der Waals surface area contributed by atoms with Crippen molar-refractivity contribution in [3.63, 3.8) is 0 Å². The van der Waals surface area contributed by atoms with E-state index in [0.29, 0.717) is 41.3 Å². The molecule has 6 atom stereocenters. The number of carbonyl (C=O) groups is 2. The topological polar surface area (TPSA) is 98.7 Å². The summed E-state index contributed by atoms with van der Waals surface area (Å²) in [5, 5.41) is 1.13. The van der Waals surface area contributed by atoms with Crippen LogP contribution in [0.1, 0.15) is 261 Å². The highest BCUT2D eigenvalue weighted by Gasteiger charge is 2.55. The average Bonchev–Trinajstić information content (AvgIpc) is 3.94. The molecule has 6 unspecified atom stereocenters. The molecule has 340 valence electrons. The lowest BCUT2D eigenvalue weighted by atomic mass is 9.82. The van der Waals surface area contributed by atoms with Gasteiger partial charge in [-0.1, -0.05) is 153 Å². The van der Waals surface area contributed by atoms with Gasteiger partial charge in [-0.3, -0.25) is 4.79 Å². The highest BCUT2D eigenvalue weighted by Crippen LogP contribution is 2.50. The van der Waals surface area contributed by atoms with E-state index in [1.807, 2.05) is 0 Å². The van der Waals surface area contributed by atoms with Crippen molar-refractivity contribution < 1.29 is 14.3 Å². The van der Waals surface area contributed by atoms with Gasteiger partial charge in [0.25, 0.3) is 0 Å². The van der Waals surface area contributed by atoms with E-state index in [4.69, 9.17) is 16.2 Å². The molecular formula is C51H101BrN2O3. The second-order valence-electron chi connectivity index (χ2n) is 17.8. The van der Waals surface area contributed by atoms with Crippen molar-refractivity contribution in [2.45, 2.75) is 285 Å². The third kappa shape index (κ3) is 33.8. The monoisotopic (exact) mass is 869 g/mol. The van der Waals surface area contributed by atoms with E-state index in [2.05, 4.69) is 77.4 Å². The summed E-state index contributed by atoms with van der Waals surface area (Å²) >= 11 is 3.25. The Morgan fingerprint density at radius 2 is 1.42 bits per heavy atom. The maximum atomic E-state index is 11.2. The number of fused-ring (bicyclic) bond motifs is 1. The summed E-state index contributed by atoms with van der Waals surface area (Å²) in [5.41, 5.74) is 13.6. The van der Waals surface area contributed by atoms with Crippen LogP contribution < -0.4 is 11.5 Å². The zero-order chi connectivity index (χ0) is 43.2. The number of ketones is 2. The second-order valence-corrected chi connectivity index (χ2v) is 18.6. The van der Waals surface area contributed by atoms with Crippen LogP contribution in [0.15, 0.2) is 11.6 Å². The highest BCUT2D eigenvalue weighted by atomic mass is 79.9. The molecule has 0 bridgehead atoms. The molecule has 5 nitrogen and oxygen atoms in total. The van der Waals surface area contributed by atoms with Gasteiger partial charge in [0.2, 0.25) is 0 Å². The zero-order valence-corrected chi connectivity index (χ0v) is 41.4. The number of allylic oxidation sites excluding steroid dienone is 2. The number of halogens is 1. The Balaban J connectivity index is 0. The second kappa shape index (κ2) is 40.8. The van der Waals surface area contributed by atoms with E-state index < -0.39 is 0 Å². The van der Waals surface area contributed by atoms with Gasteiger partial charge in [0.05, 0.1) is 11.7 Å². The fourth-order valence-corrected chi connectivity index (χ4v) is 8.39. The average molecular weight is 870 g/mol. The van der Waals surface area contributed by atoms with Gasteiger partial charge < -0.3 is 21.0 Å². The third-order valence-corrected chi connectivity index (χ3v) is 12.7. The summed E-state index contributed by atoms with van der Waals surface area (Å²) in [6.45, 7) is 19.0. The van der Waals surface area contributed by atoms with Crippen LogP contribution >= 0.6 is 15.9 Å². The van der Waals surface area contributed by atoms with Gasteiger partial charge in [-0.15, -0.1) is 0 Å². The molecule has 57 heavy (non-hydrogen) atoms. The third-order valence-electron chi connectivity index (χ3n) is 11.9. The number of Topliss-reactive ketones (excluding diaryl/α,β-unsaturated/α-hetero) is 2. The van der Waals surface area contributed by atoms with Gasteiger partial charge >= 0.3 is 0 Å². The number of alkyl halides is 1. The first-order valence-electron chi connectivity index (χ1n) is 24.9. The molecule has 6 heteroatoms. The van der Waals surface area contributed by atoms with Crippen LogP contribution in [-0.2, 0) is 14.3 Å². The van der Waals surface area contributed by atoms with Crippen LogP contribution in [0.2, 0.25) is 0 Å².